The third-order valence-electron chi connectivity index (χ3n) is 6.48. The number of esters is 1. The van der Waals surface area contributed by atoms with E-state index in [1.165, 1.54) is 16.2 Å². The van der Waals surface area contributed by atoms with Gasteiger partial charge in [-0.25, -0.2) is 4.79 Å². The summed E-state index contributed by atoms with van der Waals surface area (Å²) < 4.78 is 5.25. The number of nitrogens with zero attached hydrogens (tertiary/aromatic N) is 1. The van der Waals surface area contributed by atoms with E-state index in [4.69, 9.17) is 4.74 Å². The first-order valence-corrected chi connectivity index (χ1v) is 12.7. The molecule has 1 fully saturated rings. The maximum absolute atomic E-state index is 13.0. The predicted molar refractivity (Wildman–Crippen MR) is 138 cm³/mol. The molecule has 36 heavy (non-hydrogen) atoms. The van der Waals surface area contributed by atoms with Crippen LogP contribution in [0.3, 0.4) is 0 Å². The zero-order valence-corrected chi connectivity index (χ0v) is 20.4. The van der Waals surface area contributed by atoms with E-state index in [1.54, 1.807) is 31.2 Å². The number of hydrogen-bond acceptors (Lipinski definition) is 6. The lowest BCUT2D eigenvalue weighted by atomic mass is 9.85. The van der Waals surface area contributed by atoms with E-state index in [0.717, 1.165) is 5.56 Å². The van der Waals surface area contributed by atoms with Gasteiger partial charge in [0.25, 0.3) is 5.91 Å². The van der Waals surface area contributed by atoms with Gasteiger partial charge in [0, 0.05) is 16.5 Å². The van der Waals surface area contributed by atoms with Crippen molar-refractivity contribution in [1.29, 1.82) is 0 Å². The highest BCUT2D eigenvalue weighted by Crippen LogP contribution is 2.38. The number of allylic oxidation sites excluding steroid dienone is 2. The van der Waals surface area contributed by atoms with Crippen molar-refractivity contribution in [2.75, 3.05) is 16.8 Å². The number of amides is 3. The number of carbonyl (C=O) groups is 4. The van der Waals surface area contributed by atoms with Crippen LogP contribution in [0, 0.1) is 11.8 Å². The van der Waals surface area contributed by atoms with Gasteiger partial charge in [-0.15, -0.1) is 11.3 Å². The summed E-state index contributed by atoms with van der Waals surface area (Å²) in [5.41, 5.74) is 2.62. The standard InChI is InChI=1S/C28H24N2O5S/c1-2-35-28(34)23-22(17-8-4-3-5-9-17)16-36-25(23)29-24(31)18-12-14-19(15-13-18)30-26(32)20-10-6-7-11-21(20)27(30)33/h3-9,12-16,20-21H,2,10-11H2,1H3,(H,29,31). The van der Waals surface area contributed by atoms with Gasteiger partial charge in [-0.1, -0.05) is 42.5 Å². The first-order chi connectivity index (χ1) is 17.5. The highest BCUT2D eigenvalue weighted by Gasteiger charge is 2.47. The monoisotopic (exact) mass is 500 g/mol. The minimum Gasteiger partial charge on any atom is -0.462 e. The summed E-state index contributed by atoms with van der Waals surface area (Å²) in [5.74, 6) is -1.94. The highest BCUT2D eigenvalue weighted by atomic mass is 32.1. The van der Waals surface area contributed by atoms with Crippen LogP contribution in [0.4, 0.5) is 10.7 Å². The van der Waals surface area contributed by atoms with Crippen molar-refractivity contribution >= 4 is 45.7 Å². The summed E-state index contributed by atoms with van der Waals surface area (Å²) in [4.78, 5) is 52.7. The maximum Gasteiger partial charge on any atom is 0.341 e. The number of hydrogen-bond donors (Lipinski definition) is 1. The Labute approximate surface area is 212 Å². The lowest BCUT2D eigenvalue weighted by molar-refractivity contribution is -0.122. The Hall–Kier alpha value is -4.04. The second-order valence-corrected chi connectivity index (χ2v) is 9.49. The lowest BCUT2D eigenvalue weighted by Gasteiger charge is -2.15. The van der Waals surface area contributed by atoms with E-state index in [9.17, 15) is 19.2 Å². The number of thiophene rings is 1. The minimum atomic E-state index is -0.509. The Bertz CT molecular complexity index is 1330. The maximum atomic E-state index is 13.0. The number of imide groups is 1. The van der Waals surface area contributed by atoms with Gasteiger partial charge < -0.3 is 10.1 Å². The molecular formula is C28H24N2O5S. The van der Waals surface area contributed by atoms with Crippen LogP contribution < -0.4 is 10.2 Å². The minimum absolute atomic E-state index is 0.197. The van der Waals surface area contributed by atoms with Crippen molar-refractivity contribution in [2.24, 2.45) is 11.8 Å². The van der Waals surface area contributed by atoms with Crippen LogP contribution in [-0.4, -0.2) is 30.3 Å². The second-order valence-electron chi connectivity index (χ2n) is 8.61. The molecule has 1 saturated heterocycles. The second kappa shape index (κ2) is 9.91. The SMILES string of the molecule is CCOC(=O)c1c(-c2ccccc2)csc1NC(=O)c1ccc(N2C(=O)C3CC=CCC3C2=O)cc1. The molecule has 0 bridgehead atoms. The normalized spacial score (nSPS) is 18.8. The Kier molecular flexibility index (Phi) is 6.52. The molecular weight excluding hydrogens is 476 g/mol. The Morgan fingerprint density at radius 3 is 2.22 bits per heavy atom. The number of ether oxygens (including phenoxy) is 1. The van der Waals surface area contributed by atoms with Crippen molar-refractivity contribution in [3.63, 3.8) is 0 Å². The summed E-state index contributed by atoms with van der Waals surface area (Å²) in [6, 6.07) is 15.8. The van der Waals surface area contributed by atoms with E-state index in [1.807, 2.05) is 47.9 Å². The summed E-state index contributed by atoms with van der Waals surface area (Å²) in [7, 11) is 0. The van der Waals surface area contributed by atoms with E-state index in [2.05, 4.69) is 5.32 Å². The van der Waals surface area contributed by atoms with E-state index in [0.29, 0.717) is 40.2 Å². The molecule has 1 aliphatic heterocycles. The quantitative estimate of drug-likeness (QED) is 0.282. The summed E-state index contributed by atoms with van der Waals surface area (Å²) in [6.07, 6.45) is 5.03. The van der Waals surface area contributed by atoms with E-state index in [-0.39, 0.29) is 30.3 Å². The fraction of sp³-hybridized carbons (Fsp3) is 0.214. The van der Waals surface area contributed by atoms with E-state index < -0.39 is 11.9 Å². The molecule has 1 aliphatic carbocycles. The van der Waals surface area contributed by atoms with Gasteiger partial charge >= 0.3 is 5.97 Å². The zero-order chi connectivity index (χ0) is 25.2. The molecule has 2 aromatic carbocycles. The highest BCUT2D eigenvalue weighted by molar-refractivity contribution is 7.15. The number of nitrogens with one attached hydrogen (secondary N) is 1. The summed E-state index contributed by atoms with van der Waals surface area (Å²) in [5, 5.41) is 5.04. The molecule has 3 amide bonds. The van der Waals surface area contributed by atoms with Gasteiger partial charge in [0.15, 0.2) is 0 Å². The third-order valence-corrected chi connectivity index (χ3v) is 7.37. The lowest BCUT2D eigenvalue weighted by Crippen LogP contribution is -2.30. The molecule has 1 N–H and O–H groups in total. The van der Waals surface area contributed by atoms with E-state index >= 15 is 0 Å². The van der Waals surface area contributed by atoms with Crippen LogP contribution in [-0.2, 0) is 14.3 Å². The zero-order valence-electron chi connectivity index (χ0n) is 19.6. The average Bonchev–Trinajstić information content (AvgIpc) is 3.43. The molecule has 2 aliphatic rings. The van der Waals surface area contributed by atoms with Crippen molar-refractivity contribution < 1.29 is 23.9 Å². The number of anilines is 2. The van der Waals surface area contributed by atoms with Gasteiger partial charge in [0.2, 0.25) is 11.8 Å². The number of carbonyl (C=O) groups excluding carboxylic acids is 4. The fourth-order valence-electron chi connectivity index (χ4n) is 4.68. The molecule has 3 aromatic rings. The van der Waals surface area contributed by atoms with Crippen LogP contribution >= 0.6 is 11.3 Å². The first kappa shape index (κ1) is 23.7. The summed E-state index contributed by atoms with van der Waals surface area (Å²) >= 11 is 1.25. The third kappa shape index (κ3) is 4.24. The van der Waals surface area contributed by atoms with Crippen molar-refractivity contribution in [2.45, 2.75) is 19.8 Å². The molecule has 5 rings (SSSR count). The molecule has 0 spiro atoms. The van der Waals surface area contributed by atoms with Gasteiger partial charge in [-0.05, 0) is 49.6 Å². The fourth-order valence-corrected chi connectivity index (χ4v) is 5.63. The van der Waals surface area contributed by atoms with Crippen LogP contribution in [0.1, 0.15) is 40.5 Å². The van der Waals surface area contributed by atoms with Crippen LogP contribution in [0.25, 0.3) is 11.1 Å². The molecule has 8 heteroatoms. The molecule has 182 valence electrons. The molecule has 0 radical (unpaired) electrons. The molecule has 2 atom stereocenters. The Morgan fingerprint density at radius 1 is 0.972 bits per heavy atom. The predicted octanol–water partition coefficient (Wildman–Crippen LogP) is 5.30. The van der Waals surface area contributed by atoms with Crippen LogP contribution in [0.5, 0.6) is 0 Å². The number of fused-ring (bicyclic) bond motifs is 1. The van der Waals surface area contributed by atoms with Crippen molar-refractivity contribution in [3.05, 3.63) is 83.3 Å². The number of benzene rings is 2. The molecule has 2 heterocycles. The van der Waals surface area contributed by atoms with Gasteiger partial charge in [0.1, 0.15) is 10.6 Å². The summed E-state index contributed by atoms with van der Waals surface area (Å²) in [6.45, 7) is 1.94. The van der Waals surface area contributed by atoms with Gasteiger partial charge in [-0.3, -0.25) is 19.3 Å². The molecule has 7 nitrogen and oxygen atoms in total. The smallest absolute Gasteiger partial charge is 0.341 e. The largest absolute Gasteiger partial charge is 0.462 e. The van der Waals surface area contributed by atoms with Crippen molar-refractivity contribution in [1.82, 2.24) is 0 Å². The first-order valence-electron chi connectivity index (χ1n) is 11.8. The average molecular weight is 501 g/mol. The number of rotatable bonds is 6. The molecule has 2 unspecified atom stereocenters. The Balaban J connectivity index is 1.37. The van der Waals surface area contributed by atoms with Gasteiger partial charge in [0.05, 0.1) is 24.1 Å². The van der Waals surface area contributed by atoms with Crippen LogP contribution in [0.15, 0.2) is 72.1 Å². The topological polar surface area (TPSA) is 92.8 Å². The Morgan fingerprint density at radius 2 is 1.61 bits per heavy atom. The molecule has 0 saturated carbocycles. The van der Waals surface area contributed by atoms with Crippen LogP contribution in [0.2, 0.25) is 0 Å². The molecule has 1 aromatic heterocycles. The van der Waals surface area contributed by atoms with Gasteiger partial charge in [-0.2, -0.15) is 0 Å². The van der Waals surface area contributed by atoms with Crippen molar-refractivity contribution in [3.8, 4) is 11.1 Å².